The van der Waals surface area contributed by atoms with Gasteiger partial charge < -0.3 is 11.1 Å². The molecule has 1 aliphatic rings. The molecule has 0 aliphatic carbocycles. The van der Waals surface area contributed by atoms with Gasteiger partial charge in [-0.2, -0.15) is 0 Å². The van der Waals surface area contributed by atoms with Crippen molar-refractivity contribution < 1.29 is 4.79 Å². The van der Waals surface area contributed by atoms with Crippen molar-refractivity contribution >= 4 is 11.7 Å². The third-order valence-corrected chi connectivity index (χ3v) is 4.29. The molecule has 1 fully saturated rings. The number of nitrogen functional groups attached to an aromatic ring is 1. The highest BCUT2D eigenvalue weighted by Crippen LogP contribution is 2.20. The molecule has 0 spiro atoms. The van der Waals surface area contributed by atoms with Gasteiger partial charge in [-0.05, 0) is 31.0 Å². The first-order chi connectivity index (χ1) is 11.7. The minimum Gasteiger partial charge on any atom is -0.384 e. The monoisotopic (exact) mass is 325 g/mol. The summed E-state index contributed by atoms with van der Waals surface area (Å²) in [6.07, 6.45) is 4.70. The molecular weight excluding hydrogens is 302 g/mol. The second kappa shape index (κ2) is 7.88. The van der Waals surface area contributed by atoms with Crippen LogP contribution in [-0.4, -0.2) is 33.4 Å². The van der Waals surface area contributed by atoms with Crippen molar-refractivity contribution in [3.05, 3.63) is 54.0 Å². The van der Waals surface area contributed by atoms with Crippen molar-refractivity contribution in [2.45, 2.75) is 38.4 Å². The number of likely N-dealkylation sites (tertiary alicyclic amines) is 1. The van der Waals surface area contributed by atoms with Crippen LogP contribution in [0.15, 0.2) is 42.6 Å². The number of piperidine rings is 1. The Kier molecular flexibility index (Phi) is 5.38. The summed E-state index contributed by atoms with van der Waals surface area (Å²) < 4.78 is 0. The maximum Gasteiger partial charge on any atom is 0.237 e. The molecule has 0 bridgehead atoms. The predicted octanol–water partition coefficient (Wildman–Crippen LogP) is 1.73. The van der Waals surface area contributed by atoms with Crippen molar-refractivity contribution in [1.29, 1.82) is 0 Å². The molecule has 2 heterocycles. The zero-order valence-electron chi connectivity index (χ0n) is 13.7. The van der Waals surface area contributed by atoms with Gasteiger partial charge in [0.2, 0.25) is 5.91 Å². The van der Waals surface area contributed by atoms with E-state index in [9.17, 15) is 4.79 Å². The van der Waals surface area contributed by atoms with Crippen molar-refractivity contribution in [2.75, 3.05) is 12.3 Å². The van der Waals surface area contributed by atoms with E-state index in [0.29, 0.717) is 18.2 Å². The van der Waals surface area contributed by atoms with Crippen LogP contribution in [0.2, 0.25) is 0 Å². The van der Waals surface area contributed by atoms with E-state index in [2.05, 4.69) is 32.3 Å². The molecule has 3 rings (SSSR count). The van der Waals surface area contributed by atoms with Gasteiger partial charge in [0.1, 0.15) is 11.6 Å². The van der Waals surface area contributed by atoms with Crippen molar-refractivity contribution in [2.24, 2.45) is 0 Å². The van der Waals surface area contributed by atoms with E-state index in [1.807, 2.05) is 18.2 Å². The van der Waals surface area contributed by atoms with Gasteiger partial charge >= 0.3 is 0 Å². The number of aromatic nitrogens is 2. The molecule has 0 radical (unpaired) electrons. The second-order valence-corrected chi connectivity index (χ2v) is 6.08. The molecule has 1 atom stereocenters. The number of hydrogen-bond donors (Lipinski definition) is 2. The standard InChI is InChI=1S/C18H23N5O/c19-16-9-10-20-17(22-16)12-21-18(24)15-8-4-5-11-23(15)13-14-6-2-1-3-7-14/h1-3,6-7,9-10,15H,4-5,8,11-13H2,(H,21,24)(H2,19,20,22)/t15-/m0/s1. The summed E-state index contributed by atoms with van der Waals surface area (Å²) in [6, 6.07) is 11.8. The number of anilines is 1. The van der Waals surface area contributed by atoms with Gasteiger partial charge in [0.15, 0.2) is 0 Å². The summed E-state index contributed by atoms with van der Waals surface area (Å²) >= 11 is 0. The molecule has 6 nitrogen and oxygen atoms in total. The lowest BCUT2D eigenvalue weighted by Gasteiger charge is -2.34. The summed E-state index contributed by atoms with van der Waals surface area (Å²) in [5, 5.41) is 2.95. The number of hydrogen-bond acceptors (Lipinski definition) is 5. The Morgan fingerprint density at radius 3 is 2.88 bits per heavy atom. The maximum atomic E-state index is 12.6. The minimum atomic E-state index is -0.0972. The SMILES string of the molecule is Nc1ccnc(CNC(=O)[C@@H]2CCCCN2Cc2ccccc2)n1. The van der Waals surface area contributed by atoms with Gasteiger partial charge in [0.05, 0.1) is 12.6 Å². The molecule has 24 heavy (non-hydrogen) atoms. The summed E-state index contributed by atoms with van der Waals surface area (Å²) in [7, 11) is 0. The Labute approximate surface area is 142 Å². The quantitative estimate of drug-likeness (QED) is 0.874. The number of nitrogens with two attached hydrogens (primary N) is 1. The number of rotatable bonds is 5. The van der Waals surface area contributed by atoms with E-state index in [-0.39, 0.29) is 11.9 Å². The van der Waals surface area contributed by atoms with Crippen LogP contribution in [0.4, 0.5) is 5.82 Å². The fourth-order valence-corrected chi connectivity index (χ4v) is 3.08. The van der Waals surface area contributed by atoms with Crippen LogP contribution < -0.4 is 11.1 Å². The van der Waals surface area contributed by atoms with Gasteiger partial charge in [-0.1, -0.05) is 36.8 Å². The molecule has 6 heteroatoms. The predicted molar refractivity (Wildman–Crippen MR) is 92.8 cm³/mol. The highest BCUT2D eigenvalue weighted by molar-refractivity contribution is 5.81. The van der Waals surface area contributed by atoms with Gasteiger partial charge in [-0.3, -0.25) is 9.69 Å². The first kappa shape index (κ1) is 16.4. The fraction of sp³-hybridized carbons (Fsp3) is 0.389. The molecule has 0 unspecified atom stereocenters. The summed E-state index contributed by atoms with van der Waals surface area (Å²) in [4.78, 5) is 23.1. The Morgan fingerprint density at radius 2 is 2.08 bits per heavy atom. The lowest BCUT2D eigenvalue weighted by molar-refractivity contribution is -0.128. The zero-order valence-corrected chi connectivity index (χ0v) is 13.7. The molecule has 1 aromatic carbocycles. The Balaban J connectivity index is 1.60. The Morgan fingerprint density at radius 1 is 1.25 bits per heavy atom. The van der Waals surface area contributed by atoms with Crippen LogP contribution in [0.25, 0.3) is 0 Å². The third kappa shape index (κ3) is 4.29. The van der Waals surface area contributed by atoms with Crippen molar-refractivity contribution in [1.82, 2.24) is 20.2 Å². The molecule has 2 aromatic rings. The first-order valence-corrected chi connectivity index (χ1v) is 8.35. The van der Waals surface area contributed by atoms with E-state index in [1.54, 1.807) is 12.3 Å². The summed E-state index contributed by atoms with van der Waals surface area (Å²) in [5.41, 5.74) is 6.88. The van der Waals surface area contributed by atoms with E-state index in [1.165, 1.54) is 5.56 Å². The largest absolute Gasteiger partial charge is 0.384 e. The topological polar surface area (TPSA) is 84.1 Å². The second-order valence-electron chi connectivity index (χ2n) is 6.08. The van der Waals surface area contributed by atoms with Crippen LogP contribution in [0.1, 0.15) is 30.7 Å². The number of benzene rings is 1. The zero-order chi connectivity index (χ0) is 16.8. The van der Waals surface area contributed by atoms with Gasteiger partial charge in [0, 0.05) is 12.7 Å². The van der Waals surface area contributed by atoms with Gasteiger partial charge in [-0.25, -0.2) is 9.97 Å². The molecule has 1 aromatic heterocycles. The molecular formula is C18H23N5O. The average Bonchev–Trinajstić information content (AvgIpc) is 2.61. The van der Waals surface area contributed by atoms with Gasteiger partial charge in [0.25, 0.3) is 0 Å². The highest BCUT2D eigenvalue weighted by Gasteiger charge is 2.28. The summed E-state index contributed by atoms with van der Waals surface area (Å²) in [5.74, 6) is 0.989. The van der Waals surface area contributed by atoms with Crippen molar-refractivity contribution in [3.63, 3.8) is 0 Å². The normalized spacial score (nSPS) is 18.2. The number of nitrogens with one attached hydrogen (secondary N) is 1. The highest BCUT2D eigenvalue weighted by atomic mass is 16.2. The fourth-order valence-electron chi connectivity index (χ4n) is 3.08. The number of amides is 1. The van der Waals surface area contributed by atoms with Crippen LogP contribution in [-0.2, 0) is 17.9 Å². The third-order valence-electron chi connectivity index (χ3n) is 4.29. The van der Waals surface area contributed by atoms with E-state index >= 15 is 0 Å². The van der Waals surface area contributed by atoms with Gasteiger partial charge in [-0.15, -0.1) is 0 Å². The first-order valence-electron chi connectivity index (χ1n) is 8.35. The number of nitrogens with zero attached hydrogens (tertiary/aromatic N) is 3. The lowest BCUT2D eigenvalue weighted by atomic mass is 10.0. The van der Waals surface area contributed by atoms with Crippen LogP contribution in [0, 0.1) is 0 Å². The molecule has 1 amide bonds. The van der Waals surface area contributed by atoms with Crippen LogP contribution >= 0.6 is 0 Å². The lowest BCUT2D eigenvalue weighted by Crippen LogP contribution is -2.48. The number of carbonyl (C=O) groups is 1. The smallest absolute Gasteiger partial charge is 0.237 e. The maximum absolute atomic E-state index is 12.6. The average molecular weight is 325 g/mol. The summed E-state index contributed by atoms with van der Waals surface area (Å²) in [6.45, 7) is 2.05. The number of carbonyl (C=O) groups excluding carboxylic acids is 1. The molecule has 1 saturated heterocycles. The Hall–Kier alpha value is -2.47. The Bertz CT molecular complexity index is 676. The van der Waals surface area contributed by atoms with Crippen molar-refractivity contribution in [3.8, 4) is 0 Å². The van der Waals surface area contributed by atoms with Crippen LogP contribution in [0.3, 0.4) is 0 Å². The molecule has 0 saturated carbocycles. The molecule has 126 valence electrons. The van der Waals surface area contributed by atoms with E-state index in [0.717, 1.165) is 32.4 Å². The molecule has 3 N–H and O–H groups in total. The van der Waals surface area contributed by atoms with E-state index < -0.39 is 0 Å². The minimum absolute atomic E-state index is 0.0386. The molecule has 1 aliphatic heterocycles. The van der Waals surface area contributed by atoms with E-state index in [4.69, 9.17) is 5.73 Å². The van der Waals surface area contributed by atoms with Crippen LogP contribution in [0.5, 0.6) is 0 Å².